The number of nitrogens with one attached hydrogen (secondary N) is 1. The molecule has 0 aliphatic carbocycles. The third-order valence-electron chi connectivity index (χ3n) is 3.01. The lowest BCUT2D eigenvalue weighted by Gasteiger charge is -2.27. The van der Waals surface area contributed by atoms with Gasteiger partial charge in [0.15, 0.2) is 0 Å². The Morgan fingerprint density at radius 3 is 2.50 bits per heavy atom. The fourth-order valence-corrected chi connectivity index (χ4v) is 1.88. The first-order valence-corrected chi connectivity index (χ1v) is 6.78. The maximum absolute atomic E-state index is 4.15. The minimum Gasteiger partial charge on any atom is -0.313 e. The molecule has 0 saturated carbocycles. The van der Waals surface area contributed by atoms with E-state index in [1.54, 1.807) is 0 Å². The van der Waals surface area contributed by atoms with E-state index in [9.17, 15) is 0 Å². The van der Waals surface area contributed by atoms with Crippen molar-refractivity contribution in [3.8, 4) is 0 Å². The lowest BCUT2D eigenvalue weighted by atomic mass is 10.1. The van der Waals surface area contributed by atoms with Crippen molar-refractivity contribution in [2.75, 3.05) is 19.6 Å². The molecule has 0 aliphatic rings. The van der Waals surface area contributed by atoms with Gasteiger partial charge >= 0.3 is 0 Å². The molecular formula is C16H26N2. The van der Waals surface area contributed by atoms with Crippen molar-refractivity contribution < 1.29 is 0 Å². The summed E-state index contributed by atoms with van der Waals surface area (Å²) in [5.41, 5.74) is 2.61. The van der Waals surface area contributed by atoms with E-state index in [-0.39, 0.29) is 0 Å². The predicted octanol–water partition coefficient (Wildman–Crippen LogP) is 3.06. The van der Waals surface area contributed by atoms with Crippen LogP contribution in [0, 0.1) is 0 Å². The zero-order valence-electron chi connectivity index (χ0n) is 11.9. The van der Waals surface area contributed by atoms with Crippen molar-refractivity contribution in [1.82, 2.24) is 10.2 Å². The molecule has 0 unspecified atom stereocenters. The van der Waals surface area contributed by atoms with Gasteiger partial charge in [0.1, 0.15) is 0 Å². The van der Waals surface area contributed by atoms with Gasteiger partial charge in [-0.3, -0.25) is 4.90 Å². The second kappa shape index (κ2) is 8.06. The van der Waals surface area contributed by atoms with Crippen LogP contribution in [0.2, 0.25) is 0 Å². The van der Waals surface area contributed by atoms with Gasteiger partial charge < -0.3 is 5.32 Å². The molecule has 0 bridgehead atoms. The molecule has 18 heavy (non-hydrogen) atoms. The standard InChI is InChI=1S/C16H26N2/c1-5-17-11-15(4)12-18(14(2)3)13-16-9-7-6-8-10-16/h6-10,14,17H,4-5,11-13H2,1-3H3. The average Bonchev–Trinajstić information content (AvgIpc) is 2.36. The van der Waals surface area contributed by atoms with Gasteiger partial charge in [-0.1, -0.05) is 43.8 Å². The Morgan fingerprint density at radius 2 is 1.94 bits per heavy atom. The molecule has 2 nitrogen and oxygen atoms in total. The number of hydrogen-bond acceptors (Lipinski definition) is 2. The van der Waals surface area contributed by atoms with Crippen molar-refractivity contribution in [2.45, 2.75) is 33.4 Å². The molecular weight excluding hydrogens is 220 g/mol. The van der Waals surface area contributed by atoms with Gasteiger partial charge in [-0.05, 0) is 31.5 Å². The second-order valence-electron chi connectivity index (χ2n) is 5.01. The minimum atomic E-state index is 0.531. The van der Waals surface area contributed by atoms with Gasteiger partial charge in [0.2, 0.25) is 0 Å². The molecule has 0 spiro atoms. The molecule has 0 saturated heterocycles. The molecule has 1 rings (SSSR count). The number of nitrogens with zero attached hydrogens (tertiary/aromatic N) is 1. The Labute approximate surface area is 112 Å². The Morgan fingerprint density at radius 1 is 1.28 bits per heavy atom. The maximum atomic E-state index is 4.15. The third-order valence-corrected chi connectivity index (χ3v) is 3.01. The van der Waals surface area contributed by atoms with Gasteiger partial charge in [0, 0.05) is 25.7 Å². The number of likely N-dealkylation sites (N-methyl/N-ethyl adjacent to an activating group) is 1. The number of hydrogen-bond donors (Lipinski definition) is 1. The Kier molecular flexibility index (Phi) is 6.69. The average molecular weight is 246 g/mol. The zero-order valence-corrected chi connectivity index (χ0v) is 11.9. The molecule has 0 fully saturated rings. The summed E-state index contributed by atoms with van der Waals surface area (Å²) in [6, 6.07) is 11.2. The van der Waals surface area contributed by atoms with Gasteiger partial charge in [-0.25, -0.2) is 0 Å². The van der Waals surface area contributed by atoms with Gasteiger partial charge in [0.25, 0.3) is 0 Å². The molecule has 0 amide bonds. The van der Waals surface area contributed by atoms with Gasteiger partial charge in [-0.2, -0.15) is 0 Å². The Bertz CT molecular complexity index is 343. The summed E-state index contributed by atoms with van der Waals surface area (Å²) in [6.45, 7) is 14.6. The van der Waals surface area contributed by atoms with Crippen LogP contribution in [-0.4, -0.2) is 30.6 Å². The van der Waals surface area contributed by atoms with Crippen molar-refractivity contribution in [1.29, 1.82) is 0 Å². The summed E-state index contributed by atoms with van der Waals surface area (Å²) >= 11 is 0. The summed E-state index contributed by atoms with van der Waals surface area (Å²) < 4.78 is 0. The molecule has 0 radical (unpaired) electrons. The highest BCUT2D eigenvalue weighted by atomic mass is 15.1. The summed E-state index contributed by atoms with van der Waals surface area (Å²) in [6.07, 6.45) is 0. The van der Waals surface area contributed by atoms with Crippen LogP contribution in [0.3, 0.4) is 0 Å². The summed E-state index contributed by atoms with van der Waals surface area (Å²) in [4.78, 5) is 2.45. The van der Waals surface area contributed by atoms with Crippen molar-refractivity contribution in [3.05, 3.63) is 48.0 Å². The van der Waals surface area contributed by atoms with E-state index >= 15 is 0 Å². The lowest BCUT2D eigenvalue weighted by Crippen LogP contribution is -2.34. The van der Waals surface area contributed by atoms with Crippen LogP contribution in [0.15, 0.2) is 42.5 Å². The third kappa shape index (κ3) is 5.48. The van der Waals surface area contributed by atoms with Crippen molar-refractivity contribution in [2.24, 2.45) is 0 Å². The molecule has 0 aromatic heterocycles. The van der Waals surface area contributed by atoms with E-state index < -0.39 is 0 Å². The molecule has 2 heteroatoms. The summed E-state index contributed by atoms with van der Waals surface area (Å²) in [5.74, 6) is 0. The van der Waals surface area contributed by atoms with Crippen LogP contribution in [-0.2, 0) is 6.54 Å². The second-order valence-corrected chi connectivity index (χ2v) is 5.01. The summed E-state index contributed by atoms with van der Waals surface area (Å²) in [5, 5.41) is 3.33. The first-order chi connectivity index (χ1) is 8.63. The van der Waals surface area contributed by atoms with Crippen molar-refractivity contribution >= 4 is 0 Å². The molecule has 0 heterocycles. The molecule has 0 atom stereocenters. The van der Waals surface area contributed by atoms with Crippen LogP contribution < -0.4 is 5.32 Å². The minimum absolute atomic E-state index is 0.531. The van der Waals surface area contributed by atoms with Gasteiger partial charge in [-0.15, -0.1) is 0 Å². The predicted molar refractivity (Wildman–Crippen MR) is 79.7 cm³/mol. The normalized spacial score (nSPS) is 11.2. The Balaban J connectivity index is 2.53. The highest BCUT2D eigenvalue weighted by Gasteiger charge is 2.11. The largest absolute Gasteiger partial charge is 0.313 e. The molecule has 1 aromatic rings. The van der Waals surface area contributed by atoms with Crippen LogP contribution in [0.1, 0.15) is 26.3 Å². The fraction of sp³-hybridized carbons (Fsp3) is 0.500. The van der Waals surface area contributed by atoms with Crippen molar-refractivity contribution in [3.63, 3.8) is 0 Å². The molecule has 1 aromatic carbocycles. The number of benzene rings is 1. The smallest absolute Gasteiger partial charge is 0.0239 e. The van der Waals surface area contributed by atoms with E-state index in [0.717, 1.165) is 26.2 Å². The van der Waals surface area contributed by atoms with E-state index in [0.29, 0.717) is 6.04 Å². The SMILES string of the molecule is C=C(CNCC)CN(Cc1ccccc1)C(C)C. The number of rotatable bonds is 8. The summed E-state index contributed by atoms with van der Waals surface area (Å²) in [7, 11) is 0. The van der Waals surface area contributed by atoms with E-state index in [4.69, 9.17) is 0 Å². The maximum Gasteiger partial charge on any atom is 0.0239 e. The van der Waals surface area contributed by atoms with Crippen LogP contribution >= 0.6 is 0 Å². The highest BCUT2D eigenvalue weighted by molar-refractivity contribution is 5.15. The first-order valence-electron chi connectivity index (χ1n) is 6.78. The quantitative estimate of drug-likeness (QED) is 0.709. The monoisotopic (exact) mass is 246 g/mol. The molecule has 1 N–H and O–H groups in total. The fourth-order valence-electron chi connectivity index (χ4n) is 1.88. The lowest BCUT2D eigenvalue weighted by molar-refractivity contribution is 0.230. The van der Waals surface area contributed by atoms with E-state index in [1.807, 2.05) is 0 Å². The molecule has 0 aliphatic heterocycles. The highest BCUT2D eigenvalue weighted by Crippen LogP contribution is 2.09. The zero-order chi connectivity index (χ0) is 13.4. The van der Waals surface area contributed by atoms with E-state index in [1.165, 1.54) is 11.1 Å². The topological polar surface area (TPSA) is 15.3 Å². The first kappa shape index (κ1) is 14.9. The van der Waals surface area contributed by atoms with Crippen LogP contribution in [0.4, 0.5) is 0 Å². The molecule has 100 valence electrons. The van der Waals surface area contributed by atoms with Crippen LogP contribution in [0.25, 0.3) is 0 Å². The van der Waals surface area contributed by atoms with Gasteiger partial charge in [0.05, 0.1) is 0 Å². The van der Waals surface area contributed by atoms with E-state index in [2.05, 4.69) is 67.9 Å². The Hall–Kier alpha value is -1.12. The van der Waals surface area contributed by atoms with Crippen LogP contribution in [0.5, 0.6) is 0 Å².